The number of carbonyl (C=O) groups is 1. The highest BCUT2D eigenvalue weighted by atomic mass is 28.4. The SMILES string of the molecule is CC(C)(C)[Si](C)(C)O[C@@H]1C[C@H](Cn2cc(-c3cccnc3)nn2)N(C(=O)OCc2ccccc2)C1. The van der Waals surface area contributed by atoms with Crippen LogP contribution in [-0.2, 0) is 22.3 Å². The second-order valence-corrected chi connectivity index (χ2v) is 15.4. The normalized spacial score (nSPS) is 18.6. The van der Waals surface area contributed by atoms with E-state index < -0.39 is 8.32 Å². The van der Waals surface area contributed by atoms with Crippen LogP contribution in [0.25, 0.3) is 11.3 Å². The largest absolute Gasteiger partial charge is 0.445 e. The van der Waals surface area contributed by atoms with Crippen LogP contribution in [0.1, 0.15) is 32.8 Å². The van der Waals surface area contributed by atoms with Crippen molar-refractivity contribution in [2.45, 2.75) is 70.6 Å². The summed E-state index contributed by atoms with van der Waals surface area (Å²) in [5.41, 5.74) is 2.62. The zero-order valence-electron chi connectivity index (χ0n) is 21.2. The average molecular weight is 494 g/mol. The van der Waals surface area contributed by atoms with Crippen LogP contribution in [0.3, 0.4) is 0 Å². The van der Waals surface area contributed by atoms with Crippen molar-refractivity contribution in [1.29, 1.82) is 0 Å². The first kappa shape index (κ1) is 25.1. The van der Waals surface area contributed by atoms with Crippen LogP contribution in [0.5, 0.6) is 0 Å². The zero-order chi connectivity index (χ0) is 25.1. The zero-order valence-corrected chi connectivity index (χ0v) is 22.2. The molecular weight excluding hydrogens is 458 g/mol. The Balaban J connectivity index is 1.48. The molecule has 1 aliphatic heterocycles. The van der Waals surface area contributed by atoms with Crippen LogP contribution in [0, 0.1) is 0 Å². The molecule has 3 heterocycles. The minimum absolute atomic E-state index is 0.0357. The van der Waals surface area contributed by atoms with Gasteiger partial charge < -0.3 is 14.1 Å². The molecule has 1 saturated heterocycles. The van der Waals surface area contributed by atoms with E-state index >= 15 is 0 Å². The van der Waals surface area contributed by atoms with Gasteiger partial charge in [0, 0.05) is 24.5 Å². The van der Waals surface area contributed by atoms with Gasteiger partial charge in [0.1, 0.15) is 12.3 Å². The topological polar surface area (TPSA) is 82.4 Å². The van der Waals surface area contributed by atoms with Crippen LogP contribution in [-0.4, -0.2) is 58.0 Å². The molecule has 1 aliphatic rings. The summed E-state index contributed by atoms with van der Waals surface area (Å²) in [5.74, 6) is 0. The van der Waals surface area contributed by atoms with Gasteiger partial charge in [0.05, 0.1) is 24.9 Å². The first-order chi connectivity index (χ1) is 16.6. The van der Waals surface area contributed by atoms with E-state index in [2.05, 4.69) is 49.2 Å². The Kier molecular flexibility index (Phi) is 7.37. The standard InChI is InChI=1S/C26H35N5O3Si/c1-26(2,3)35(4,5)34-23-14-22(16-30-18-24(28-29-30)21-12-9-13-27-15-21)31(17-23)25(32)33-19-20-10-7-6-8-11-20/h6-13,15,18,22-23H,14,16-17,19H2,1-5H3/t22-,23-/m1/s1. The molecule has 0 N–H and O–H groups in total. The molecule has 4 rings (SSSR count). The number of rotatable bonds is 7. The third kappa shape index (κ3) is 6.15. The third-order valence-electron chi connectivity index (χ3n) is 6.98. The molecule has 9 heteroatoms. The molecule has 0 bridgehead atoms. The van der Waals surface area contributed by atoms with Crippen LogP contribution < -0.4 is 0 Å². The van der Waals surface area contributed by atoms with E-state index in [1.54, 1.807) is 22.0 Å². The number of likely N-dealkylation sites (tertiary alicyclic amines) is 1. The molecule has 0 aliphatic carbocycles. The Morgan fingerprint density at radius 1 is 1.14 bits per heavy atom. The monoisotopic (exact) mass is 493 g/mol. The number of benzene rings is 1. The van der Waals surface area contributed by atoms with E-state index in [0.29, 0.717) is 13.1 Å². The quantitative estimate of drug-likeness (QED) is 0.424. The molecule has 0 saturated carbocycles. The Morgan fingerprint density at radius 3 is 2.60 bits per heavy atom. The second-order valence-electron chi connectivity index (χ2n) is 10.6. The van der Waals surface area contributed by atoms with E-state index in [1.165, 1.54) is 0 Å². The summed E-state index contributed by atoms with van der Waals surface area (Å²) in [6.45, 7) is 12.4. The van der Waals surface area contributed by atoms with Gasteiger partial charge in [-0.25, -0.2) is 9.48 Å². The van der Waals surface area contributed by atoms with Crippen molar-refractivity contribution in [3.05, 3.63) is 66.6 Å². The number of hydrogen-bond donors (Lipinski definition) is 0. The number of carbonyl (C=O) groups excluding carboxylic acids is 1. The number of pyridine rings is 1. The van der Waals surface area contributed by atoms with Crippen LogP contribution in [0.2, 0.25) is 18.1 Å². The van der Waals surface area contributed by atoms with Gasteiger partial charge in [-0.05, 0) is 42.2 Å². The van der Waals surface area contributed by atoms with E-state index in [4.69, 9.17) is 9.16 Å². The van der Waals surface area contributed by atoms with Crippen molar-refractivity contribution >= 4 is 14.4 Å². The van der Waals surface area contributed by atoms with E-state index in [9.17, 15) is 4.79 Å². The number of nitrogens with zero attached hydrogens (tertiary/aromatic N) is 5. The molecule has 35 heavy (non-hydrogen) atoms. The Morgan fingerprint density at radius 2 is 1.91 bits per heavy atom. The van der Waals surface area contributed by atoms with Crippen molar-refractivity contribution in [3.8, 4) is 11.3 Å². The molecule has 0 radical (unpaired) electrons. The average Bonchev–Trinajstić information content (AvgIpc) is 3.45. The summed E-state index contributed by atoms with van der Waals surface area (Å²) in [7, 11) is -1.99. The maximum atomic E-state index is 13.2. The van der Waals surface area contributed by atoms with Crippen molar-refractivity contribution in [2.24, 2.45) is 0 Å². The van der Waals surface area contributed by atoms with Gasteiger partial charge >= 0.3 is 6.09 Å². The Labute approximate surface area is 208 Å². The lowest BCUT2D eigenvalue weighted by atomic mass is 10.2. The maximum Gasteiger partial charge on any atom is 0.410 e. The lowest BCUT2D eigenvalue weighted by molar-refractivity contribution is 0.0855. The van der Waals surface area contributed by atoms with E-state index in [1.807, 2.05) is 48.7 Å². The van der Waals surface area contributed by atoms with Crippen molar-refractivity contribution < 1.29 is 14.0 Å². The fraction of sp³-hybridized carbons (Fsp3) is 0.462. The lowest BCUT2D eigenvalue weighted by Crippen LogP contribution is -2.45. The first-order valence-electron chi connectivity index (χ1n) is 12.1. The minimum atomic E-state index is -1.99. The molecule has 0 unspecified atom stereocenters. The summed E-state index contributed by atoms with van der Waals surface area (Å²) >= 11 is 0. The smallest absolute Gasteiger partial charge is 0.410 e. The summed E-state index contributed by atoms with van der Waals surface area (Å²) in [6, 6.07) is 13.5. The second kappa shape index (κ2) is 10.3. The van der Waals surface area contributed by atoms with Crippen molar-refractivity contribution in [2.75, 3.05) is 6.54 Å². The molecule has 186 valence electrons. The highest BCUT2D eigenvalue weighted by Crippen LogP contribution is 2.39. The highest BCUT2D eigenvalue weighted by Gasteiger charge is 2.44. The predicted molar refractivity (Wildman–Crippen MR) is 137 cm³/mol. The summed E-state index contributed by atoms with van der Waals surface area (Å²) in [6.07, 6.45) is 5.76. The molecule has 2 atom stereocenters. The summed E-state index contributed by atoms with van der Waals surface area (Å²) in [4.78, 5) is 19.1. The number of amides is 1. The fourth-order valence-electron chi connectivity index (χ4n) is 4.00. The van der Waals surface area contributed by atoms with Gasteiger partial charge in [-0.2, -0.15) is 0 Å². The molecule has 3 aromatic rings. The summed E-state index contributed by atoms with van der Waals surface area (Å²) < 4.78 is 14.2. The molecule has 1 fully saturated rings. The number of hydrogen-bond acceptors (Lipinski definition) is 6. The van der Waals surface area contributed by atoms with E-state index in [0.717, 1.165) is 23.2 Å². The van der Waals surface area contributed by atoms with Crippen LogP contribution in [0.15, 0.2) is 61.1 Å². The molecule has 0 spiro atoms. The number of aromatic nitrogens is 4. The van der Waals surface area contributed by atoms with Gasteiger partial charge in [0.2, 0.25) is 0 Å². The van der Waals surface area contributed by atoms with E-state index in [-0.39, 0.29) is 29.9 Å². The molecule has 8 nitrogen and oxygen atoms in total. The van der Waals surface area contributed by atoms with Gasteiger partial charge in [-0.1, -0.05) is 56.3 Å². The molecule has 2 aromatic heterocycles. The van der Waals surface area contributed by atoms with Crippen molar-refractivity contribution in [1.82, 2.24) is 24.9 Å². The molecule has 1 aromatic carbocycles. The summed E-state index contributed by atoms with van der Waals surface area (Å²) in [5, 5.41) is 8.70. The minimum Gasteiger partial charge on any atom is -0.445 e. The highest BCUT2D eigenvalue weighted by molar-refractivity contribution is 6.74. The Hall–Kier alpha value is -3.04. The lowest BCUT2D eigenvalue weighted by Gasteiger charge is -2.38. The molecular formula is C26H35N5O3Si. The predicted octanol–water partition coefficient (Wildman–Crippen LogP) is 5.14. The maximum absolute atomic E-state index is 13.2. The third-order valence-corrected chi connectivity index (χ3v) is 11.5. The van der Waals surface area contributed by atoms with Gasteiger partial charge in [0.25, 0.3) is 0 Å². The Bertz CT molecular complexity index is 1110. The molecule has 1 amide bonds. The van der Waals surface area contributed by atoms with Gasteiger partial charge in [-0.15, -0.1) is 5.10 Å². The fourth-order valence-corrected chi connectivity index (χ4v) is 5.36. The number of ether oxygens (including phenoxy) is 1. The van der Waals surface area contributed by atoms with Gasteiger partial charge in [-0.3, -0.25) is 4.98 Å². The first-order valence-corrected chi connectivity index (χ1v) is 15.0. The van der Waals surface area contributed by atoms with Crippen LogP contribution >= 0.6 is 0 Å². The van der Waals surface area contributed by atoms with Crippen molar-refractivity contribution in [3.63, 3.8) is 0 Å². The van der Waals surface area contributed by atoms with Gasteiger partial charge in [0.15, 0.2) is 8.32 Å². The van der Waals surface area contributed by atoms with Crippen LogP contribution in [0.4, 0.5) is 4.79 Å².